The van der Waals surface area contributed by atoms with Gasteiger partial charge in [0, 0.05) is 17.6 Å². The summed E-state index contributed by atoms with van der Waals surface area (Å²) in [6.07, 6.45) is 0. The van der Waals surface area contributed by atoms with Gasteiger partial charge in [0.05, 0.1) is 5.69 Å². The zero-order valence-corrected chi connectivity index (χ0v) is 12.6. The van der Waals surface area contributed by atoms with Crippen LogP contribution in [0.25, 0.3) is 0 Å². The highest BCUT2D eigenvalue weighted by molar-refractivity contribution is 9.10. The molecule has 17 heavy (non-hydrogen) atoms. The van der Waals surface area contributed by atoms with E-state index in [1.807, 2.05) is 0 Å². The maximum absolute atomic E-state index is 11.9. The molecule has 0 aliphatic heterocycles. The van der Waals surface area contributed by atoms with Gasteiger partial charge in [-0.3, -0.25) is 4.72 Å². The topological polar surface area (TPSA) is 62.3 Å². The molecule has 0 aliphatic rings. The summed E-state index contributed by atoms with van der Waals surface area (Å²) in [6, 6.07) is 3.27. The number of anilines is 1. The number of nitrogens with one attached hydrogen (secondary N) is 1. The number of aromatic nitrogens is 1. The third-order valence-electron chi connectivity index (χ3n) is 2.36. The molecule has 1 heterocycles. The summed E-state index contributed by atoms with van der Waals surface area (Å²) in [5, 5.41) is 0. The highest BCUT2D eigenvalue weighted by atomic mass is 79.9. The van der Waals surface area contributed by atoms with E-state index >= 15 is 0 Å². The standard InChI is InChI=1S/C10H16BrN3O2S/c1-7(2)14(4)17(15,16)13-10-6-5-9(11)8(3)12-10/h5-7H,1-4H3,(H,12,13). The van der Waals surface area contributed by atoms with Crippen LogP contribution in [0, 0.1) is 6.92 Å². The fourth-order valence-electron chi connectivity index (χ4n) is 1.08. The van der Waals surface area contributed by atoms with Crippen molar-refractivity contribution < 1.29 is 8.42 Å². The number of nitrogens with zero attached hydrogens (tertiary/aromatic N) is 2. The van der Waals surface area contributed by atoms with E-state index in [1.165, 1.54) is 11.4 Å². The molecule has 0 saturated heterocycles. The van der Waals surface area contributed by atoms with E-state index < -0.39 is 10.2 Å². The lowest BCUT2D eigenvalue weighted by atomic mass is 10.4. The van der Waals surface area contributed by atoms with E-state index in [2.05, 4.69) is 25.6 Å². The minimum Gasteiger partial charge on any atom is -0.254 e. The molecule has 1 aromatic heterocycles. The Morgan fingerprint density at radius 3 is 2.47 bits per heavy atom. The first-order valence-electron chi connectivity index (χ1n) is 5.13. The Bertz CT molecular complexity index is 502. The fraction of sp³-hybridized carbons (Fsp3) is 0.500. The molecule has 0 aliphatic carbocycles. The second-order valence-electron chi connectivity index (χ2n) is 3.98. The van der Waals surface area contributed by atoms with Gasteiger partial charge in [-0.05, 0) is 48.8 Å². The Labute approximate surface area is 111 Å². The van der Waals surface area contributed by atoms with E-state index in [4.69, 9.17) is 0 Å². The Morgan fingerprint density at radius 2 is 2.00 bits per heavy atom. The molecule has 0 amide bonds. The van der Waals surface area contributed by atoms with Crippen LogP contribution >= 0.6 is 15.9 Å². The van der Waals surface area contributed by atoms with Gasteiger partial charge in [-0.15, -0.1) is 0 Å². The number of pyridine rings is 1. The molecule has 0 radical (unpaired) electrons. The molecule has 5 nitrogen and oxygen atoms in total. The molecule has 0 unspecified atom stereocenters. The van der Waals surface area contributed by atoms with E-state index in [-0.39, 0.29) is 6.04 Å². The van der Waals surface area contributed by atoms with Gasteiger partial charge in [-0.1, -0.05) is 0 Å². The number of rotatable bonds is 4. The number of hydrogen-bond donors (Lipinski definition) is 1. The Morgan fingerprint density at radius 1 is 1.41 bits per heavy atom. The summed E-state index contributed by atoms with van der Waals surface area (Å²) in [5.41, 5.74) is 0.734. The molecule has 96 valence electrons. The molecule has 0 spiro atoms. The maximum atomic E-state index is 11.9. The molecule has 0 aromatic carbocycles. The van der Waals surface area contributed by atoms with Crippen LogP contribution in [0.3, 0.4) is 0 Å². The smallest absolute Gasteiger partial charge is 0.254 e. The van der Waals surface area contributed by atoms with Crippen molar-refractivity contribution in [3.8, 4) is 0 Å². The quantitative estimate of drug-likeness (QED) is 0.924. The lowest BCUT2D eigenvalue weighted by Gasteiger charge is -2.21. The zero-order chi connectivity index (χ0) is 13.2. The van der Waals surface area contributed by atoms with Gasteiger partial charge in [0.15, 0.2) is 0 Å². The van der Waals surface area contributed by atoms with Crippen LogP contribution in [0.2, 0.25) is 0 Å². The Hall–Kier alpha value is -0.660. The highest BCUT2D eigenvalue weighted by Gasteiger charge is 2.20. The second-order valence-corrected chi connectivity index (χ2v) is 6.57. The lowest BCUT2D eigenvalue weighted by Crippen LogP contribution is -2.37. The number of aryl methyl sites for hydroxylation is 1. The van der Waals surface area contributed by atoms with Gasteiger partial charge in [0.25, 0.3) is 0 Å². The first-order valence-corrected chi connectivity index (χ1v) is 7.36. The third-order valence-corrected chi connectivity index (χ3v) is 4.85. The summed E-state index contributed by atoms with van der Waals surface area (Å²) in [7, 11) is -2.01. The SMILES string of the molecule is Cc1nc(NS(=O)(=O)N(C)C(C)C)ccc1Br. The van der Waals surface area contributed by atoms with E-state index in [1.54, 1.807) is 32.9 Å². The summed E-state index contributed by atoms with van der Waals surface area (Å²) in [6.45, 7) is 5.41. The third kappa shape index (κ3) is 3.65. The van der Waals surface area contributed by atoms with Crippen molar-refractivity contribution in [2.75, 3.05) is 11.8 Å². The molecule has 1 N–H and O–H groups in total. The van der Waals surface area contributed by atoms with Crippen LogP contribution < -0.4 is 4.72 Å². The molecule has 1 rings (SSSR count). The van der Waals surface area contributed by atoms with Crippen LogP contribution in [0.1, 0.15) is 19.5 Å². The minimum atomic E-state index is -3.54. The van der Waals surface area contributed by atoms with Crippen LogP contribution in [-0.2, 0) is 10.2 Å². The molecule has 7 heteroatoms. The van der Waals surface area contributed by atoms with E-state index in [9.17, 15) is 8.42 Å². The average Bonchev–Trinajstić information content (AvgIpc) is 2.22. The van der Waals surface area contributed by atoms with Gasteiger partial charge >= 0.3 is 10.2 Å². The Kier molecular flexibility index (Phi) is 4.51. The minimum absolute atomic E-state index is 0.107. The van der Waals surface area contributed by atoms with Gasteiger partial charge in [0.1, 0.15) is 5.82 Å². The van der Waals surface area contributed by atoms with E-state index in [0.717, 1.165) is 10.2 Å². The van der Waals surface area contributed by atoms with E-state index in [0.29, 0.717) is 5.82 Å². The van der Waals surface area contributed by atoms with Gasteiger partial charge in [-0.25, -0.2) is 4.98 Å². The average molecular weight is 322 g/mol. The highest BCUT2D eigenvalue weighted by Crippen LogP contribution is 2.17. The van der Waals surface area contributed by atoms with Crippen molar-refractivity contribution in [3.63, 3.8) is 0 Å². The van der Waals surface area contributed by atoms with Crippen LogP contribution in [0.4, 0.5) is 5.82 Å². The van der Waals surface area contributed by atoms with Crippen molar-refractivity contribution in [3.05, 3.63) is 22.3 Å². The first-order chi connectivity index (χ1) is 7.74. The molecule has 0 bridgehead atoms. The van der Waals surface area contributed by atoms with Gasteiger partial charge in [-0.2, -0.15) is 12.7 Å². The summed E-state index contributed by atoms with van der Waals surface area (Å²) in [4.78, 5) is 4.14. The first kappa shape index (κ1) is 14.4. The normalized spacial score (nSPS) is 12.2. The number of hydrogen-bond acceptors (Lipinski definition) is 3. The number of halogens is 1. The largest absolute Gasteiger partial charge is 0.302 e. The Balaban J connectivity index is 2.94. The monoisotopic (exact) mass is 321 g/mol. The van der Waals surface area contributed by atoms with Crippen molar-refractivity contribution in [2.24, 2.45) is 0 Å². The predicted octanol–water partition coefficient (Wildman–Crippen LogP) is 2.15. The summed E-state index contributed by atoms with van der Waals surface area (Å²) < 4.78 is 28.3. The van der Waals surface area contributed by atoms with Gasteiger partial charge < -0.3 is 0 Å². The summed E-state index contributed by atoms with van der Waals surface area (Å²) in [5.74, 6) is 0.318. The molecular formula is C10H16BrN3O2S. The maximum Gasteiger partial charge on any atom is 0.302 e. The second kappa shape index (κ2) is 5.32. The van der Waals surface area contributed by atoms with Crippen molar-refractivity contribution >= 4 is 32.0 Å². The zero-order valence-electron chi connectivity index (χ0n) is 10.2. The van der Waals surface area contributed by atoms with Crippen molar-refractivity contribution in [1.82, 2.24) is 9.29 Å². The van der Waals surface area contributed by atoms with Crippen molar-refractivity contribution in [2.45, 2.75) is 26.8 Å². The van der Waals surface area contributed by atoms with Gasteiger partial charge in [0.2, 0.25) is 0 Å². The fourth-order valence-corrected chi connectivity index (χ4v) is 2.38. The van der Waals surface area contributed by atoms with Crippen LogP contribution in [-0.4, -0.2) is 30.8 Å². The van der Waals surface area contributed by atoms with Crippen molar-refractivity contribution in [1.29, 1.82) is 0 Å². The summed E-state index contributed by atoms with van der Waals surface area (Å²) >= 11 is 3.31. The molecule has 0 saturated carbocycles. The molecule has 0 atom stereocenters. The molecule has 1 aromatic rings. The predicted molar refractivity (Wildman–Crippen MR) is 72.1 cm³/mol. The van der Waals surface area contributed by atoms with Crippen LogP contribution in [0.5, 0.6) is 0 Å². The lowest BCUT2D eigenvalue weighted by molar-refractivity contribution is 0.414. The molecule has 0 fully saturated rings. The van der Waals surface area contributed by atoms with Crippen LogP contribution in [0.15, 0.2) is 16.6 Å². The molecular weight excluding hydrogens is 306 g/mol.